The fourth-order valence-electron chi connectivity index (χ4n) is 1.82. The molecule has 1 aromatic rings. The summed E-state index contributed by atoms with van der Waals surface area (Å²) in [6.07, 6.45) is 0.135. The highest BCUT2D eigenvalue weighted by atomic mass is 16.7. The Hall–Kier alpha value is -2.24. The summed E-state index contributed by atoms with van der Waals surface area (Å²) in [4.78, 5) is 23.2. The van der Waals surface area contributed by atoms with Gasteiger partial charge in [0.25, 0.3) is 0 Å². The number of benzene rings is 1. The molecule has 0 saturated heterocycles. The highest BCUT2D eigenvalue weighted by molar-refractivity contribution is 5.79. The first-order valence-electron chi connectivity index (χ1n) is 6.62. The third-order valence-electron chi connectivity index (χ3n) is 2.98. The van der Waals surface area contributed by atoms with E-state index in [2.05, 4.69) is 10.6 Å². The van der Waals surface area contributed by atoms with Crippen LogP contribution in [0.3, 0.4) is 0 Å². The molecule has 0 saturated carbocycles. The third-order valence-corrected chi connectivity index (χ3v) is 2.98. The molecule has 1 aromatic carbocycles. The molecule has 0 spiro atoms. The van der Waals surface area contributed by atoms with Crippen LogP contribution in [0.4, 0.5) is 0 Å². The summed E-state index contributed by atoms with van der Waals surface area (Å²) in [5, 5.41) is 5.54. The van der Waals surface area contributed by atoms with Gasteiger partial charge in [-0.05, 0) is 17.7 Å². The molecule has 0 aliphatic carbocycles. The molecule has 2 rings (SSSR count). The van der Waals surface area contributed by atoms with Gasteiger partial charge in [-0.3, -0.25) is 9.59 Å². The van der Waals surface area contributed by atoms with Crippen molar-refractivity contribution in [1.82, 2.24) is 10.6 Å². The minimum Gasteiger partial charge on any atom is -0.454 e. The van der Waals surface area contributed by atoms with Crippen molar-refractivity contribution >= 4 is 11.8 Å². The van der Waals surface area contributed by atoms with E-state index in [9.17, 15) is 9.59 Å². The van der Waals surface area contributed by atoms with E-state index in [1.165, 1.54) is 0 Å². The van der Waals surface area contributed by atoms with E-state index < -0.39 is 6.17 Å². The topological polar surface area (TPSA) is 76.7 Å². The molecule has 0 bridgehead atoms. The number of fused-ring (bicyclic) bond motifs is 1. The summed E-state index contributed by atoms with van der Waals surface area (Å²) >= 11 is 0. The third kappa shape index (κ3) is 3.20. The zero-order valence-corrected chi connectivity index (χ0v) is 11.6. The maximum atomic E-state index is 11.6. The smallest absolute Gasteiger partial charge is 0.231 e. The van der Waals surface area contributed by atoms with Gasteiger partial charge < -0.3 is 20.1 Å². The second-order valence-electron chi connectivity index (χ2n) is 4.39. The quantitative estimate of drug-likeness (QED) is 0.800. The van der Waals surface area contributed by atoms with Gasteiger partial charge in [0.05, 0.1) is 0 Å². The molecule has 1 aliphatic heterocycles. The van der Waals surface area contributed by atoms with Gasteiger partial charge in [0.15, 0.2) is 11.5 Å². The van der Waals surface area contributed by atoms with E-state index in [-0.39, 0.29) is 18.6 Å². The molecule has 20 heavy (non-hydrogen) atoms. The molecule has 108 valence electrons. The minimum atomic E-state index is -0.565. The van der Waals surface area contributed by atoms with Crippen LogP contribution in [0.15, 0.2) is 18.2 Å². The average molecular weight is 278 g/mol. The summed E-state index contributed by atoms with van der Waals surface area (Å²) in [5.74, 6) is 1.01. The molecule has 6 heteroatoms. The summed E-state index contributed by atoms with van der Waals surface area (Å²) in [5.41, 5.74) is 0.748. The van der Waals surface area contributed by atoms with Gasteiger partial charge in [0.2, 0.25) is 18.6 Å². The summed E-state index contributed by atoms with van der Waals surface area (Å²) < 4.78 is 10.5. The number of hydrogen-bond acceptors (Lipinski definition) is 4. The number of carbonyl (C=O) groups is 2. The predicted molar refractivity (Wildman–Crippen MR) is 72.2 cm³/mol. The van der Waals surface area contributed by atoms with Crippen molar-refractivity contribution in [2.75, 3.05) is 6.79 Å². The summed E-state index contributed by atoms with van der Waals surface area (Å²) in [6, 6.07) is 5.32. The second-order valence-corrected chi connectivity index (χ2v) is 4.39. The van der Waals surface area contributed by atoms with Crippen LogP contribution >= 0.6 is 0 Å². The fourth-order valence-corrected chi connectivity index (χ4v) is 1.82. The molecule has 6 nitrogen and oxygen atoms in total. The van der Waals surface area contributed by atoms with Crippen LogP contribution in [0.25, 0.3) is 0 Å². The Morgan fingerprint density at radius 3 is 2.30 bits per heavy atom. The van der Waals surface area contributed by atoms with E-state index in [1.807, 2.05) is 0 Å². The van der Waals surface area contributed by atoms with Gasteiger partial charge in [0, 0.05) is 12.8 Å². The molecular formula is C14H18N2O4. The van der Waals surface area contributed by atoms with Crippen LogP contribution in [0.2, 0.25) is 0 Å². The Morgan fingerprint density at radius 1 is 1.10 bits per heavy atom. The van der Waals surface area contributed by atoms with Gasteiger partial charge in [-0.2, -0.15) is 0 Å². The molecule has 0 aromatic heterocycles. The van der Waals surface area contributed by atoms with Crippen LogP contribution in [0.5, 0.6) is 11.5 Å². The lowest BCUT2D eigenvalue weighted by molar-refractivity contribution is -0.124. The fraction of sp³-hybridized carbons (Fsp3) is 0.429. The standard InChI is InChI=1S/C14H18N2O4/c1-3-12(17)15-14(16-13(18)4-2)9-5-6-10-11(7-9)20-8-19-10/h5-7,14H,3-4,8H2,1-2H3,(H,15,17)(H,16,18). The number of ether oxygens (including phenoxy) is 2. The summed E-state index contributed by atoms with van der Waals surface area (Å²) in [6.45, 7) is 3.70. The molecule has 0 fully saturated rings. The first kappa shape index (κ1) is 14.2. The molecule has 0 unspecified atom stereocenters. The number of nitrogens with one attached hydrogen (secondary N) is 2. The lowest BCUT2D eigenvalue weighted by atomic mass is 10.1. The summed E-state index contributed by atoms with van der Waals surface area (Å²) in [7, 11) is 0. The van der Waals surface area contributed by atoms with Crippen molar-refractivity contribution in [3.8, 4) is 11.5 Å². The molecule has 0 atom stereocenters. The van der Waals surface area contributed by atoms with Crippen LogP contribution in [-0.2, 0) is 9.59 Å². The lowest BCUT2D eigenvalue weighted by Gasteiger charge is -2.20. The Bertz CT molecular complexity index is 498. The SMILES string of the molecule is CCC(=O)NC(NC(=O)CC)c1ccc2c(c1)OCO2. The molecule has 2 N–H and O–H groups in total. The monoisotopic (exact) mass is 278 g/mol. The van der Waals surface area contributed by atoms with Crippen molar-refractivity contribution in [3.63, 3.8) is 0 Å². The van der Waals surface area contributed by atoms with Crippen molar-refractivity contribution < 1.29 is 19.1 Å². The molecular weight excluding hydrogens is 260 g/mol. The predicted octanol–water partition coefficient (Wildman–Crippen LogP) is 1.47. The van der Waals surface area contributed by atoms with Gasteiger partial charge in [-0.15, -0.1) is 0 Å². The maximum Gasteiger partial charge on any atom is 0.231 e. The van der Waals surface area contributed by atoms with Gasteiger partial charge in [0.1, 0.15) is 6.17 Å². The largest absolute Gasteiger partial charge is 0.454 e. The Balaban J connectivity index is 2.20. The molecule has 2 amide bonds. The van der Waals surface area contributed by atoms with Crippen LogP contribution in [0.1, 0.15) is 38.4 Å². The number of amides is 2. The first-order chi connectivity index (χ1) is 9.63. The van der Waals surface area contributed by atoms with Crippen molar-refractivity contribution in [2.24, 2.45) is 0 Å². The van der Waals surface area contributed by atoms with E-state index in [4.69, 9.17) is 9.47 Å². The van der Waals surface area contributed by atoms with E-state index in [1.54, 1.807) is 32.0 Å². The van der Waals surface area contributed by atoms with Gasteiger partial charge in [-0.25, -0.2) is 0 Å². The van der Waals surface area contributed by atoms with Crippen molar-refractivity contribution in [1.29, 1.82) is 0 Å². The second kappa shape index (κ2) is 6.27. The Kier molecular flexibility index (Phi) is 4.45. The van der Waals surface area contributed by atoms with E-state index >= 15 is 0 Å². The number of rotatable bonds is 5. The molecule has 0 radical (unpaired) electrons. The highest BCUT2D eigenvalue weighted by Crippen LogP contribution is 2.33. The van der Waals surface area contributed by atoms with Crippen molar-refractivity contribution in [3.05, 3.63) is 23.8 Å². The highest BCUT2D eigenvalue weighted by Gasteiger charge is 2.20. The average Bonchev–Trinajstić information content (AvgIpc) is 2.93. The van der Waals surface area contributed by atoms with Crippen LogP contribution in [-0.4, -0.2) is 18.6 Å². The van der Waals surface area contributed by atoms with Crippen molar-refractivity contribution in [2.45, 2.75) is 32.9 Å². The zero-order valence-electron chi connectivity index (χ0n) is 11.6. The van der Waals surface area contributed by atoms with Gasteiger partial charge >= 0.3 is 0 Å². The minimum absolute atomic E-state index is 0.135. The molecule has 1 aliphatic rings. The first-order valence-corrected chi connectivity index (χ1v) is 6.62. The Labute approximate surface area is 117 Å². The van der Waals surface area contributed by atoms with Gasteiger partial charge in [-0.1, -0.05) is 19.9 Å². The number of carbonyl (C=O) groups excluding carboxylic acids is 2. The van der Waals surface area contributed by atoms with E-state index in [0.29, 0.717) is 24.3 Å². The van der Waals surface area contributed by atoms with Crippen LogP contribution < -0.4 is 20.1 Å². The Morgan fingerprint density at radius 2 is 1.70 bits per heavy atom. The zero-order chi connectivity index (χ0) is 14.5. The lowest BCUT2D eigenvalue weighted by Crippen LogP contribution is -2.40. The maximum absolute atomic E-state index is 11.6. The van der Waals surface area contributed by atoms with Crippen LogP contribution in [0, 0.1) is 0 Å². The molecule has 1 heterocycles. The normalized spacial score (nSPS) is 12.3. The number of hydrogen-bond donors (Lipinski definition) is 2. The van der Waals surface area contributed by atoms with E-state index in [0.717, 1.165) is 5.56 Å².